The van der Waals surface area contributed by atoms with Crippen LogP contribution in [-0.4, -0.2) is 37.5 Å². The fourth-order valence-electron chi connectivity index (χ4n) is 0.920. The summed E-state index contributed by atoms with van der Waals surface area (Å²) in [4.78, 5) is 10.5. The number of rotatable bonds is 8. The zero-order valence-corrected chi connectivity index (χ0v) is 8.28. The number of hydrogen-bond donors (Lipinski definition) is 1. The third-order valence-corrected chi connectivity index (χ3v) is 1.66. The van der Waals surface area contributed by atoms with E-state index in [4.69, 9.17) is 14.6 Å². The Hall–Kier alpha value is -0.610. The lowest BCUT2D eigenvalue weighted by atomic mass is 10.3. The van der Waals surface area contributed by atoms with Gasteiger partial charge in [0.1, 0.15) is 0 Å². The molecule has 0 radical (unpaired) electrons. The molecule has 0 aliphatic rings. The molecular formula is C9H18O4. The number of carbonyl (C=O) groups is 1. The molecule has 0 rings (SSSR count). The normalized spacial score (nSPS) is 12.8. The molecule has 4 nitrogen and oxygen atoms in total. The molecule has 0 bridgehead atoms. The molecule has 1 unspecified atom stereocenters. The van der Waals surface area contributed by atoms with E-state index in [0.717, 1.165) is 19.3 Å². The quantitative estimate of drug-likeness (QED) is 0.586. The fraction of sp³-hybridized carbons (Fsp3) is 0.889. The molecule has 13 heavy (non-hydrogen) atoms. The Bertz CT molecular complexity index is 136. The number of carboxylic acid groups (broad SMARTS) is 1. The molecule has 0 aliphatic carbocycles. The zero-order valence-electron chi connectivity index (χ0n) is 8.28. The van der Waals surface area contributed by atoms with Crippen molar-refractivity contribution in [3.8, 4) is 0 Å². The van der Waals surface area contributed by atoms with E-state index in [2.05, 4.69) is 6.92 Å². The Morgan fingerprint density at radius 2 is 2.15 bits per heavy atom. The van der Waals surface area contributed by atoms with Gasteiger partial charge in [0, 0.05) is 13.7 Å². The van der Waals surface area contributed by atoms with Gasteiger partial charge >= 0.3 is 5.97 Å². The van der Waals surface area contributed by atoms with E-state index in [1.807, 2.05) is 0 Å². The molecule has 0 aromatic heterocycles. The standard InChI is InChI=1S/C9H18O4/c1-3-4-5-6-13-8(7-12-2)9(10)11/h8H,3-7H2,1-2H3,(H,10,11). The number of carboxylic acids is 1. The van der Waals surface area contributed by atoms with Gasteiger partial charge in [0.15, 0.2) is 6.10 Å². The first kappa shape index (κ1) is 12.4. The van der Waals surface area contributed by atoms with E-state index in [1.54, 1.807) is 0 Å². The Morgan fingerprint density at radius 3 is 2.62 bits per heavy atom. The van der Waals surface area contributed by atoms with Gasteiger partial charge in [0.05, 0.1) is 6.61 Å². The Balaban J connectivity index is 3.51. The summed E-state index contributed by atoms with van der Waals surface area (Å²) in [6.07, 6.45) is 2.26. The van der Waals surface area contributed by atoms with Crippen LogP contribution in [0.2, 0.25) is 0 Å². The third-order valence-electron chi connectivity index (χ3n) is 1.66. The molecule has 0 saturated carbocycles. The second-order valence-electron chi connectivity index (χ2n) is 2.86. The molecule has 0 spiro atoms. The van der Waals surface area contributed by atoms with Crippen molar-refractivity contribution < 1.29 is 19.4 Å². The van der Waals surface area contributed by atoms with Gasteiger partial charge in [-0.2, -0.15) is 0 Å². The lowest BCUT2D eigenvalue weighted by Crippen LogP contribution is -2.29. The molecule has 0 aromatic carbocycles. The van der Waals surface area contributed by atoms with E-state index in [0.29, 0.717) is 6.61 Å². The van der Waals surface area contributed by atoms with Gasteiger partial charge in [-0.25, -0.2) is 4.79 Å². The Kier molecular flexibility index (Phi) is 7.63. The topological polar surface area (TPSA) is 55.8 Å². The second-order valence-corrected chi connectivity index (χ2v) is 2.86. The lowest BCUT2D eigenvalue weighted by Gasteiger charge is -2.11. The SMILES string of the molecule is CCCCCOC(COC)C(=O)O. The Labute approximate surface area is 78.8 Å². The highest BCUT2D eigenvalue weighted by Crippen LogP contribution is 1.99. The average molecular weight is 190 g/mol. The molecule has 4 heteroatoms. The number of ether oxygens (including phenoxy) is 2. The predicted octanol–water partition coefficient (Wildman–Crippen LogP) is 1.29. The van der Waals surface area contributed by atoms with Crippen molar-refractivity contribution in [2.45, 2.75) is 32.3 Å². The van der Waals surface area contributed by atoms with E-state index < -0.39 is 12.1 Å². The van der Waals surface area contributed by atoms with Crippen LogP contribution in [0.3, 0.4) is 0 Å². The molecule has 0 amide bonds. The first-order valence-electron chi connectivity index (χ1n) is 4.55. The number of unbranched alkanes of at least 4 members (excludes halogenated alkanes) is 2. The minimum Gasteiger partial charge on any atom is -0.479 e. The molecule has 0 aliphatic heterocycles. The molecule has 1 atom stereocenters. The molecule has 0 fully saturated rings. The van der Waals surface area contributed by atoms with Crippen molar-refractivity contribution in [1.82, 2.24) is 0 Å². The van der Waals surface area contributed by atoms with Crippen LogP contribution in [0.4, 0.5) is 0 Å². The summed E-state index contributed by atoms with van der Waals surface area (Å²) in [5.74, 6) is -0.960. The average Bonchev–Trinajstić information content (AvgIpc) is 2.10. The van der Waals surface area contributed by atoms with E-state index in [9.17, 15) is 4.79 Å². The first-order valence-corrected chi connectivity index (χ1v) is 4.55. The first-order chi connectivity index (χ1) is 6.22. The van der Waals surface area contributed by atoms with Crippen LogP contribution in [0.1, 0.15) is 26.2 Å². The number of methoxy groups -OCH3 is 1. The summed E-state index contributed by atoms with van der Waals surface area (Å²) in [5.41, 5.74) is 0. The molecule has 0 heterocycles. The Morgan fingerprint density at radius 1 is 1.46 bits per heavy atom. The van der Waals surface area contributed by atoms with Crippen molar-refractivity contribution in [3.63, 3.8) is 0 Å². The molecular weight excluding hydrogens is 172 g/mol. The number of hydrogen-bond acceptors (Lipinski definition) is 3. The second kappa shape index (κ2) is 8.01. The molecule has 78 valence electrons. The number of aliphatic carboxylic acids is 1. The summed E-state index contributed by atoms with van der Waals surface area (Å²) >= 11 is 0. The maximum Gasteiger partial charge on any atom is 0.335 e. The highest BCUT2D eigenvalue weighted by Gasteiger charge is 2.16. The van der Waals surface area contributed by atoms with Gasteiger partial charge in [-0.15, -0.1) is 0 Å². The zero-order chi connectivity index (χ0) is 10.1. The molecule has 1 N–H and O–H groups in total. The van der Waals surface area contributed by atoms with Crippen LogP contribution < -0.4 is 0 Å². The van der Waals surface area contributed by atoms with E-state index >= 15 is 0 Å². The summed E-state index contributed by atoms with van der Waals surface area (Å²) < 4.78 is 9.84. The third kappa shape index (κ3) is 6.54. The van der Waals surface area contributed by atoms with Crippen molar-refractivity contribution in [2.75, 3.05) is 20.3 Å². The predicted molar refractivity (Wildman–Crippen MR) is 48.8 cm³/mol. The minimum absolute atomic E-state index is 0.113. The van der Waals surface area contributed by atoms with Crippen LogP contribution in [0.5, 0.6) is 0 Å². The fourth-order valence-corrected chi connectivity index (χ4v) is 0.920. The lowest BCUT2D eigenvalue weighted by molar-refractivity contribution is -0.153. The highest BCUT2D eigenvalue weighted by molar-refractivity contribution is 5.72. The van der Waals surface area contributed by atoms with Crippen molar-refractivity contribution in [2.24, 2.45) is 0 Å². The van der Waals surface area contributed by atoms with E-state index in [-0.39, 0.29) is 6.61 Å². The van der Waals surface area contributed by atoms with Crippen LogP contribution >= 0.6 is 0 Å². The minimum atomic E-state index is -0.960. The van der Waals surface area contributed by atoms with Gasteiger partial charge in [-0.05, 0) is 6.42 Å². The van der Waals surface area contributed by atoms with Gasteiger partial charge in [0.2, 0.25) is 0 Å². The smallest absolute Gasteiger partial charge is 0.335 e. The molecule has 0 aromatic rings. The molecule has 0 saturated heterocycles. The van der Waals surface area contributed by atoms with Gasteiger partial charge in [-0.1, -0.05) is 19.8 Å². The maximum absolute atomic E-state index is 10.5. The summed E-state index contributed by atoms with van der Waals surface area (Å²) in [7, 11) is 1.46. The highest BCUT2D eigenvalue weighted by atomic mass is 16.5. The van der Waals surface area contributed by atoms with Gasteiger partial charge < -0.3 is 14.6 Å². The summed E-state index contributed by atoms with van der Waals surface area (Å²) in [6.45, 7) is 2.69. The van der Waals surface area contributed by atoms with Crippen molar-refractivity contribution in [1.29, 1.82) is 0 Å². The summed E-state index contributed by atoms with van der Waals surface area (Å²) in [5, 5.41) is 8.66. The van der Waals surface area contributed by atoms with Crippen LogP contribution in [0.15, 0.2) is 0 Å². The van der Waals surface area contributed by atoms with Crippen LogP contribution in [0.25, 0.3) is 0 Å². The van der Waals surface area contributed by atoms with E-state index in [1.165, 1.54) is 7.11 Å². The van der Waals surface area contributed by atoms with Gasteiger partial charge in [-0.3, -0.25) is 0 Å². The van der Waals surface area contributed by atoms with Crippen molar-refractivity contribution >= 4 is 5.97 Å². The van der Waals surface area contributed by atoms with Crippen LogP contribution in [-0.2, 0) is 14.3 Å². The van der Waals surface area contributed by atoms with Crippen LogP contribution in [0, 0.1) is 0 Å². The van der Waals surface area contributed by atoms with Gasteiger partial charge in [0.25, 0.3) is 0 Å². The monoisotopic (exact) mass is 190 g/mol. The summed E-state index contributed by atoms with van der Waals surface area (Å²) in [6, 6.07) is 0. The maximum atomic E-state index is 10.5. The largest absolute Gasteiger partial charge is 0.479 e. The van der Waals surface area contributed by atoms with Crippen molar-refractivity contribution in [3.05, 3.63) is 0 Å².